The van der Waals surface area contributed by atoms with E-state index in [0.29, 0.717) is 9.92 Å². The SMILES string of the molecule is CSc1c(Cl)cncc1S(N)(=O)=O. The van der Waals surface area contributed by atoms with Crippen molar-refractivity contribution in [3.8, 4) is 0 Å². The first-order valence-electron chi connectivity index (χ1n) is 3.17. The van der Waals surface area contributed by atoms with Gasteiger partial charge in [0, 0.05) is 17.3 Å². The Labute approximate surface area is 85.5 Å². The normalized spacial score (nSPS) is 11.6. The lowest BCUT2D eigenvalue weighted by Gasteiger charge is -2.05. The average Bonchev–Trinajstić information content (AvgIpc) is 2.02. The Morgan fingerprint density at radius 3 is 2.54 bits per heavy atom. The maximum absolute atomic E-state index is 11.0. The van der Waals surface area contributed by atoms with Gasteiger partial charge in [-0.05, 0) is 6.26 Å². The van der Waals surface area contributed by atoms with E-state index in [1.165, 1.54) is 24.2 Å². The molecule has 0 aliphatic heterocycles. The van der Waals surface area contributed by atoms with Gasteiger partial charge in [0.05, 0.1) is 5.02 Å². The molecule has 0 aliphatic carbocycles. The third-order valence-corrected chi connectivity index (χ3v) is 3.63. The van der Waals surface area contributed by atoms with Crippen LogP contribution in [0.3, 0.4) is 0 Å². The number of nitrogens with two attached hydrogens (primary N) is 1. The standard InChI is InChI=1S/C6H7ClN2O2S2/c1-12-6-4(7)2-9-3-5(6)13(8,10)11/h2-3H,1H3,(H2,8,10,11). The summed E-state index contributed by atoms with van der Waals surface area (Å²) in [5.74, 6) is 0. The minimum Gasteiger partial charge on any atom is -0.262 e. The Morgan fingerprint density at radius 2 is 2.15 bits per heavy atom. The summed E-state index contributed by atoms with van der Waals surface area (Å²) in [5.41, 5.74) is 0. The van der Waals surface area contributed by atoms with Crippen LogP contribution in [0.25, 0.3) is 0 Å². The number of aromatic nitrogens is 1. The molecule has 0 atom stereocenters. The Balaban J connectivity index is 3.47. The van der Waals surface area contributed by atoms with Crippen molar-refractivity contribution in [2.45, 2.75) is 9.79 Å². The molecule has 2 N–H and O–H groups in total. The van der Waals surface area contributed by atoms with E-state index >= 15 is 0 Å². The molecular weight excluding hydrogens is 232 g/mol. The highest BCUT2D eigenvalue weighted by atomic mass is 35.5. The molecule has 0 saturated carbocycles. The average molecular weight is 239 g/mol. The Morgan fingerprint density at radius 1 is 1.54 bits per heavy atom. The molecule has 0 aliphatic rings. The second-order valence-electron chi connectivity index (χ2n) is 2.20. The third kappa shape index (κ3) is 2.34. The van der Waals surface area contributed by atoms with Gasteiger partial charge < -0.3 is 0 Å². The summed E-state index contributed by atoms with van der Waals surface area (Å²) >= 11 is 6.95. The van der Waals surface area contributed by atoms with Crippen molar-refractivity contribution >= 4 is 33.4 Å². The molecule has 13 heavy (non-hydrogen) atoms. The van der Waals surface area contributed by atoms with E-state index in [1.54, 1.807) is 6.26 Å². The molecule has 0 spiro atoms. The first-order valence-corrected chi connectivity index (χ1v) is 6.32. The molecule has 1 heterocycles. The lowest BCUT2D eigenvalue weighted by atomic mass is 10.5. The van der Waals surface area contributed by atoms with Crippen molar-refractivity contribution in [1.29, 1.82) is 0 Å². The van der Waals surface area contributed by atoms with Gasteiger partial charge in [-0.3, -0.25) is 4.98 Å². The van der Waals surface area contributed by atoms with E-state index in [1.807, 2.05) is 0 Å². The summed E-state index contributed by atoms with van der Waals surface area (Å²) in [6.45, 7) is 0. The molecule has 1 aromatic heterocycles. The van der Waals surface area contributed by atoms with E-state index in [-0.39, 0.29) is 4.90 Å². The first-order chi connectivity index (χ1) is 5.96. The zero-order chi connectivity index (χ0) is 10.1. The molecule has 0 unspecified atom stereocenters. The smallest absolute Gasteiger partial charge is 0.240 e. The van der Waals surface area contributed by atoms with Crippen LogP contribution in [0.5, 0.6) is 0 Å². The van der Waals surface area contributed by atoms with E-state index in [2.05, 4.69) is 4.98 Å². The fraction of sp³-hybridized carbons (Fsp3) is 0.167. The van der Waals surface area contributed by atoms with Crippen LogP contribution < -0.4 is 5.14 Å². The number of nitrogens with zero attached hydrogens (tertiary/aromatic N) is 1. The fourth-order valence-electron chi connectivity index (χ4n) is 0.806. The first kappa shape index (κ1) is 10.8. The highest BCUT2D eigenvalue weighted by Crippen LogP contribution is 2.29. The highest BCUT2D eigenvalue weighted by Gasteiger charge is 2.16. The Bertz CT molecular complexity index is 419. The van der Waals surface area contributed by atoms with Crippen LogP contribution in [0.2, 0.25) is 5.02 Å². The lowest BCUT2D eigenvalue weighted by Crippen LogP contribution is -2.13. The summed E-state index contributed by atoms with van der Waals surface area (Å²) in [5, 5.41) is 5.25. The zero-order valence-corrected chi connectivity index (χ0v) is 9.08. The van der Waals surface area contributed by atoms with Crippen LogP contribution in [0.1, 0.15) is 0 Å². The molecule has 1 rings (SSSR count). The van der Waals surface area contributed by atoms with Gasteiger partial charge in [0.1, 0.15) is 4.90 Å². The summed E-state index contributed by atoms with van der Waals surface area (Å²) in [6, 6.07) is 0. The van der Waals surface area contributed by atoms with Crippen molar-refractivity contribution in [3.63, 3.8) is 0 Å². The predicted octanol–water partition coefficient (Wildman–Crippen LogP) is 1.10. The van der Waals surface area contributed by atoms with E-state index in [4.69, 9.17) is 16.7 Å². The number of primary sulfonamides is 1. The minimum atomic E-state index is -3.74. The van der Waals surface area contributed by atoms with E-state index in [9.17, 15) is 8.42 Å². The quantitative estimate of drug-likeness (QED) is 0.784. The highest BCUT2D eigenvalue weighted by molar-refractivity contribution is 7.99. The molecular formula is C6H7ClN2O2S2. The van der Waals surface area contributed by atoms with E-state index < -0.39 is 10.0 Å². The predicted molar refractivity (Wildman–Crippen MR) is 52.4 cm³/mol. The molecule has 72 valence electrons. The number of sulfonamides is 1. The maximum atomic E-state index is 11.0. The van der Waals surface area contributed by atoms with Crippen LogP contribution >= 0.6 is 23.4 Å². The number of pyridine rings is 1. The van der Waals surface area contributed by atoms with Gasteiger partial charge in [0.2, 0.25) is 10.0 Å². The van der Waals surface area contributed by atoms with Crippen molar-refractivity contribution in [1.82, 2.24) is 4.98 Å². The number of hydrogen-bond donors (Lipinski definition) is 1. The third-order valence-electron chi connectivity index (χ3n) is 1.33. The van der Waals surface area contributed by atoms with Gasteiger partial charge in [-0.25, -0.2) is 13.6 Å². The van der Waals surface area contributed by atoms with Crippen LogP contribution in [0, 0.1) is 0 Å². The summed E-state index contributed by atoms with van der Waals surface area (Å²) < 4.78 is 22.1. The van der Waals surface area contributed by atoms with Crippen molar-refractivity contribution in [3.05, 3.63) is 17.4 Å². The van der Waals surface area contributed by atoms with Gasteiger partial charge in [-0.15, -0.1) is 11.8 Å². The van der Waals surface area contributed by atoms with Crippen molar-refractivity contribution < 1.29 is 8.42 Å². The van der Waals surface area contributed by atoms with Crippen molar-refractivity contribution in [2.75, 3.05) is 6.26 Å². The second kappa shape index (κ2) is 3.83. The zero-order valence-electron chi connectivity index (χ0n) is 6.69. The largest absolute Gasteiger partial charge is 0.262 e. The lowest BCUT2D eigenvalue weighted by molar-refractivity contribution is 0.595. The van der Waals surface area contributed by atoms with Crippen LogP contribution in [0.4, 0.5) is 0 Å². The summed E-state index contributed by atoms with van der Waals surface area (Å²) in [6.07, 6.45) is 4.28. The molecule has 0 saturated heterocycles. The van der Waals surface area contributed by atoms with Crippen LogP contribution in [-0.2, 0) is 10.0 Å². The molecule has 0 radical (unpaired) electrons. The monoisotopic (exact) mass is 238 g/mol. The number of rotatable bonds is 2. The maximum Gasteiger partial charge on any atom is 0.240 e. The van der Waals surface area contributed by atoms with Gasteiger partial charge in [0.15, 0.2) is 0 Å². The molecule has 0 bridgehead atoms. The summed E-state index contributed by atoms with van der Waals surface area (Å²) in [4.78, 5) is 4.05. The van der Waals surface area contributed by atoms with E-state index in [0.717, 1.165) is 0 Å². The Kier molecular flexibility index (Phi) is 3.18. The topological polar surface area (TPSA) is 73.0 Å². The van der Waals surface area contributed by atoms with Gasteiger partial charge >= 0.3 is 0 Å². The minimum absolute atomic E-state index is 0.0347. The number of thioether (sulfide) groups is 1. The fourth-order valence-corrected chi connectivity index (χ4v) is 2.93. The Hall–Kier alpha value is -0.300. The molecule has 1 aromatic rings. The number of hydrogen-bond acceptors (Lipinski definition) is 4. The molecule has 0 amide bonds. The van der Waals surface area contributed by atoms with Gasteiger partial charge in [0.25, 0.3) is 0 Å². The second-order valence-corrected chi connectivity index (χ2v) is 4.95. The van der Waals surface area contributed by atoms with Gasteiger partial charge in [-0.2, -0.15) is 0 Å². The molecule has 0 fully saturated rings. The van der Waals surface area contributed by atoms with Crippen molar-refractivity contribution in [2.24, 2.45) is 5.14 Å². The number of halogens is 1. The van der Waals surface area contributed by atoms with Crippen LogP contribution in [-0.4, -0.2) is 19.7 Å². The van der Waals surface area contributed by atoms with Gasteiger partial charge in [-0.1, -0.05) is 11.6 Å². The molecule has 4 nitrogen and oxygen atoms in total. The molecule has 7 heteroatoms. The molecule has 0 aromatic carbocycles. The summed E-state index contributed by atoms with van der Waals surface area (Å²) in [7, 11) is -3.74. The van der Waals surface area contributed by atoms with Crippen LogP contribution in [0.15, 0.2) is 22.2 Å².